The van der Waals surface area contributed by atoms with E-state index >= 15 is 0 Å². The van der Waals surface area contributed by atoms with Crippen molar-refractivity contribution in [1.82, 2.24) is 4.90 Å². The Morgan fingerprint density at radius 2 is 1.76 bits per heavy atom. The lowest BCUT2D eigenvalue weighted by atomic mass is 9.73. The van der Waals surface area contributed by atoms with Gasteiger partial charge in [0.2, 0.25) is 0 Å². The minimum atomic E-state index is -0.902. The Hall–Kier alpha value is -3.38. The van der Waals surface area contributed by atoms with Crippen molar-refractivity contribution in [2.24, 2.45) is 5.41 Å². The zero-order valence-electron chi connectivity index (χ0n) is 14.6. The highest BCUT2D eigenvalue weighted by Crippen LogP contribution is 2.45. The standard InChI is InChI=1S/C19H18N4O2/c1-13-15(11-20)19(2,3)16(12-21)18(22(13)4)17(23(24)25)10-14-8-6-5-7-9-14/h5-10H,1-4H3/b17-10-. The first-order chi connectivity index (χ1) is 11.8. The lowest BCUT2D eigenvalue weighted by Gasteiger charge is -2.37. The lowest BCUT2D eigenvalue weighted by molar-refractivity contribution is -0.420. The number of nitriles is 2. The van der Waals surface area contributed by atoms with Crippen molar-refractivity contribution < 1.29 is 4.92 Å². The highest BCUT2D eigenvalue weighted by atomic mass is 16.6. The van der Waals surface area contributed by atoms with Gasteiger partial charge in [0.05, 0.1) is 28.2 Å². The van der Waals surface area contributed by atoms with E-state index < -0.39 is 10.3 Å². The molecular formula is C19H18N4O2. The van der Waals surface area contributed by atoms with Crippen LogP contribution in [0.15, 0.2) is 58.6 Å². The van der Waals surface area contributed by atoms with Crippen molar-refractivity contribution in [2.75, 3.05) is 7.05 Å². The quantitative estimate of drug-likeness (QED) is 0.618. The molecule has 25 heavy (non-hydrogen) atoms. The van der Waals surface area contributed by atoms with E-state index in [4.69, 9.17) is 0 Å². The predicted octanol–water partition coefficient (Wildman–Crippen LogP) is 3.85. The number of nitrogens with zero attached hydrogens (tertiary/aromatic N) is 4. The van der Waals surface area contributed by atoms with E-state index in [0.717, 1.165) is 0 Å². The van der Waals surface area contributed by atoms with Gasteiger partial charge in [-0.3, -0.25) is 10.1 Å². The Kier molecular flexibility index (Phi) is 4.76. The topological polar surface area (TPSA) is 94.0 Å². The third-order valence-corrected chi connectivity index (χ3v) is 4.45. The molecule has 0 radical (unpaired) electrons. The van der Waals surface area contributed by atoms with Crippen LogP contribution >= 0.6 is 0 Å². The summed E-state index contributed by atoms with van der Waals surface area (Å²) in [5.41, 5.74) is 1.04. The van der Waals surface area contributed by atoms with E-state index in [1.54, 1.807) is 57.0 Å². The van der Waals surface area contributed by atoms with Crippen LogP contribution in [-0.2, 0) is 0 Å². The van der Waals surface area contributed by atoms with Crippen LogP contribution in [0.1, 0.15) is 26.3 Å². The number of nitro groups is 1. The third kappa shape index (κ3) is 3.02. The fourth-order valence-corrected chi connectivity index (χ4v) is 3.00. The third-order valence-electron chi connectivity index (χ3n) is 4.45. The van der Waals surface area contributed by atoms with Crippen LogP contribution in [0.2, 0.25) is 0 Å². The molecule has 1 aromatic rings. The number of allylic oxidation sites excluding steroid dienone is 3. The van der Waals surface area contributed by atoms with E-state index in [1.807, 2.05) is 6.07 Å². The molecule has 2 rings (SSSR count). The Morgan fingerprint density at radius 1 is 1.20 bits per heavy atom. The first-order valence-corrected chi connectivity index (χ1v) is 7.67. The molecule has 0 amide bonds. The highest BCUT2D eigenvalue weighted by Gasteiger charge is 2.42. The normalized spacial score (nSPS) is 17.2. The largest absolute Gasteiger partial charge is 0.341 e. The van der Waals surface area contributed by atoms with Gasteiger partial charge in [-0.25, -0.2) is 0 Å². The molecule has 1 aliphatic rings. The maximum atomic E-state index is 11.8. The minimum absolute atomic E-state index is 0.172. The Morgan fingerprint density at radius 3 is 2.24 bits per heavy atom. The molecule has 0 saturated carbocycles. The first-order valence-electron chi connectivity index (χ1n) is 7.67. The van der Waals surface area contributed by atoms with E-state index in [2.05, 4.69) is 12.1 Å². The second-order valence-electron chi connectivity index (χ2n) is 6.29. The predicted molar refractivity (Wildman–Crippen MR) is 93.9 cm³/mol. The summed E-state index contributed by atoms with van der Waals surface area (Å²) in [7, 11) is 1.64. The van der Waals surface area contributed by atoms with E-state index in [9.17, 15) is 20.6 Å². The second-order valence-corrected chi connectivity index (χ2v) is 6.29. The summed E-state index contributed by atoms with van der Waals surface area (Å²) in [6.45, 7) is 5.20. The van der Waals surface area contributed by atoms with Crippen molar-refractivity contribution in [2.45, 2.75) is 20.8 Å². The average molecular weight is 334 g/mol. The fourth-order valence-electron chi connectivity index (χ4n) is 3.00. The molecule has 0 aromatic heterocycles. The van der Waals surface area contributed by atoms with Gasteiger partial charge >= 0.3 is 0 Å². The van der Waals surface area contributed by atoms with Crippen molar-refractivity contribution in [3.05, 3.63) is 74.2 Å². The zero-order valence-corrected chi connectivity index (χ0v) is 14.6. The van der Waals surface area contributed by atoms with Crippen molar-refractivity contribution >= 4 is 6.08 Å². The Bertz CT molecular complexity index is 894. The van der Waals surface area contributed by atoms with Crippen LogP contribution in [0.25, 0.3) is 6.08 Å². The van der Waals surface area contributed by atoms with Gasteiger partial charge in [-0.2, -0.15) is 10.5 Å². The van der Waals surface area contributed by atoms with Crippen LogP contribution in [0.5, 0.6) is 0 Å². The molecule has 6 heteroatoms. The smallest absolute Gasteiger partial charge is 0.294 e. The van der Waals surface area contributed by atoms with Crippen molar-refractivity contribution in [3.8, 4) is 12.1 Å². The van der Waals surface area contributed by atoms with Gasteiger partial charge in [-0.15, -0.1) is 0 Å². The van der Waals surface area contributed by atoms with Crippen molar-refractivity contribution in [1.29, 1.82) is 10.5 Å². The van der Waals surface area contributed by atoms with Gasteiger partial charge < -0.3 is 4.90 Å². The lowest BCUT2D eigenvalue weighted by Crippen LogP contribution is -2.34. The summed E-state index contributed by atoms with van der Waals surface area (Å²) >= 11 is 0. The second kappa shape index (κ2) is 6.62. The number of likely N-dealkylation sites (N-methyl/N-ethyl adjacent to an activating group) is 1. The van der Waals surface area contributed by atoms with Gasteiger partial charge in [0, 0.05) is 24.2 Å². The van der Waals surface area contributed by atoms with Gasteiger partial charge in [0.15, 0.2) is 0 Å². The van der Waals surface area contributed by atoms with Gasteiger partial charge in [0.1, 0.15) is 5.70 Å². The summed E-state index contributed by atoms with van der Waals surface area (Å²) in [6.07, 6.45) is 1.45. The molecule has 126 valence electrons. The molecule has 0 atom stereocenters. The summed E-state index contributed by atoms with van der Waals surface area (Å²) in [6, 6.07) is 13.1. The molecule has 1 aliphatic heterocycles. The van der Waals surface area contributed by atoms with Crippen LogP contribution in [0.3, 0.4) is 0 Å². The average Bonchev–Trinajstić information content (AvgIpc) is 2.57. The van der Waals surface area contributed by atoms with Crippen LogP contribution in [0.4, 0.5) is 0 Å². The molecule has 1 heterocycles. The van der Waals surface area contributed by atoms with E-state index in [1.165, 1.54) is 6.08 Å². The van der Waals surface area contributed by atoms with Crippen molar-refractivity contribution in [3.63, 3.8) is 0 Å². The Labute approximate surface area is 146 Å². The Balaban J connectivity index is 2.79. The molecule has 0 spiro atoms. The number of rotatable bonds is 3. The molecule has 0 fully saturated rings. The van der Waals surface area contributed by atoms with Gasteiger partial charge in [-0.1, -0.05) is 44.2 Å². The molecule has 1 aromatic carbocycles. The number of hydrogen-bond acceptors (Lipinski definition) is 5. The van der Waals surface area contributed by atoms with Crippen LogP contribution < -0.4 is 0 Å². The van der Waals surface area contributed by atoms with Gasteiger partial charge in [0.25, 0.3) is 5.70 Å². The summed E-state index contributed by atoms with van der Waals surface area (Å²) in [5.74, 6) is 0. The molecule has 0 N–H and O–H groups in total. The van der Waals surface area contributed by atoms with E-state index in [0.29, 0.717) is 16.8 Å². The summed E-state index contributed by atoms with van der Waals surface area (Å²) < 4.78 is 0. The first kappa shape index (κ1) is 18.0. The maximum absolute atomic E-state index is 11.8. The maximum Gasteiger partial charge on any atom is 0.294 e. The number of hydrogen-bond donors (Lipinski definition) is 0. The monoisotopic (exact) mass is 334 g/mol. The molecule has 6 nitrogen and oxygen atoms in total. The summed E-state index contributed by atoms with van der Waals surface area (Å²) in [4.78, 5) is 12.8. The zero-order chi connectivity index (χ0) is 18.8. The highest BCUT2D eigenvalue weighted by molar-refractivity contribution is 5.61. The van der Waals surface area contributed by atoms with E-state index in [-0.39, 0.29) is 17.0 Å². The molecular weight excluding hydrogens is 316 g/mol. The molecule has 0 saturated heterocycles. The molecule has 0 aliphatic carbocycles. The minimum Gasteiger partial charge on any atom is -0.341 e. The van der Waals surface area contributed by atoms with Crippen LogP contribution in [0, 0.1) is 38.2 Å². The molecule has 0 bridgehead atoms. The number of benzene rings is 1. The fraction of sp³-hybridized carbons (Fsp3) is 0.263. The molecule has 0 unspecified atom stereocenters. The van der Waals surface area contributed by atoms with Gasteiger partial charge in [-0.05, 0) is 12.5 Å². The van der Waals surface area contributed by atoms with Crippen LogP contribution in [-0.4, -0.2) is 16.9 Å². The SMILES string of the molecule is CC1=C(C#N)C(C)(C)C(C#N)=C(/C(=C/c2ccccc2)[N+](=O)[O-])N1C. The summed E-state index contributed by atoms with van der Waals surface area (Å²) in [5, 5.41) is 30.9.